The number of anilines is 1. The summed E-state index contributed by atoms with van der Waals surface area (Å²) in [7, 11) is 0. The third-order valence-electron chi connectivity index (χ3n) is 3.65. The van der Waals surface area contributed by atoms with Gasteiger partial charge in [0.25, 0.3) is 0 Å². The Labute approximate surface area is 126 Å². The summed E-state index contributed by atoms with van der Waals surface area (Å²) in [4.78, 5) is 12.9. The van der Waals surface area contributed by atoms with Gasteiger partial charge in [0.2, 0.25) is 5.78 Å². The molecule has 0 atom stereocenters. The third-order valence-corrected chi connectivity index (χ3v) is 4.23. The fourth-order valence-corrected chi connectivity index (χ4v) is 3.15. The summed E-state index contributed by atoms with van der Waals surface area (Å²) in [5.41, 5.74) is 3.62. The van der Waals surface area contributed by atoms with E-state index in [0.717, 1.165) is 40.7 Å². The maximum Gasteiger partial charge on any atom is 0.212 e. The Morgan fingerprint density at radius 3 is 3.15 bits per heavy atom. The van der Waals surface area contributed by atoms with Gasteiger partial charge in [0.15, 0.2) is 0 Å². The largest absolute Gasteiger partial charge is 0.385 e. The molecular formula is C15H16BrN3O. The van der Waals surface area contributed by atoms with E-state index in [0.29, 0.717) is 12.2 Å². The summed E-state index contributed by atoms with van der Waals surface area (Å²) in [5.74, 6) is 0.0387. The molecule has 20 heavy (non-hydrogen) atoms. The molecule has 0 bridgehead atoms. The predicted molar refractivity (Wildman–Crippen MR) is 82.3 cm³/mol. The van der Waals surface area contributed by atoms with Crippen molar-refractivity contribution >= 4 is 27.4 Å². The van der Waals surface area contributed by atoms with Crippen LogP contribution in [0.2, 0.25) is 0 Å². The van der Waals surface area contributed by atoms with Crippen LogP contribution >= 0.6 is 15.9 Å². The Morgan fingerprint density at radius 2 is 2.35 bits per heavy atom. The van der Waals surface area contributed by atoms with Gasteiger partial charge in [0.1, 0.15) is 5.69 Å². The zero-order chi connectivity index (χ0) is 14.1. The van der Waals surface area contributed by atoms with Crippen LogP contribution in [0.15, 0.2) is 28.9 Å². The van der Waals surface area contributed by atoms with E-state index in [9.17, 15) is 4.79 Å². The van der Waals surface area contributed by atoms with Crippen molar-refractivity contribution in [2.45, 2.75) is 26.3 Å². The molecule has 104 valence electrons. The van der Waals surface area contributed by atoms with Gasteiger partial charge in [-0.15, -0.1) is 0 Å². The fraction of sp³-hybridized carbons (Fsp3) is 0.333. The molecule has 5 heteroatoms. The van der Waals surface area contributed by atoms with Gasteiger partial charge >= 0.3 is 0 Å². The van der Waals surface area contributed by atoms with Crippen LogP contribution in [0.4, 0.5) is 5.69 Å². The van der Waals surface area contributed by atoms with E-state index in [1.54, 1.807) is 10.9 Å². The minimum absolute atomic E-state index is 0.0387. The first-order valence-electron chi connectivity index (χ1n) is 6.84. The lowest BCUT2D eigenvalue weighted by Gasteiger charge is -2.20. The van der Waals surface area contributed by atoms with E-state index in [1.807, 2.05) is 25.1 Å². The number of fused-ring (bicyclic) bond motifs is 1. The molecule has 1 N–H and O–H groups in total. The Hall–Kier alpha value is -1.62. The molecule has 1 aromatic carbocycles. The summed E-state index contributed by atoms with van der Waals surface area (Å²) in [6, 6.07) is 5.88. The van der Waals surface area contributed by atoms with Gasteiger partial charge in [-0.2, -0.15) is 5.10 Å². The average Bonchev–Trinajstić information content (AvgIpc) is 2.87. The van der Waals surface area contributed by atoms with E-state index in [-0.39, 0.29) is 5.78 Å². The summed E-state index contributed by atoms with van der Waals surface area (Å²) >= 11 is 3.43. The molecule has 4 nitrogen and oxygen atoms in total. The highest BCUT2D eigenvalue weighted by molar-refractivity contribution is 9.10. The van der Waals surface area contributed by atoms with Gasteiger partial charge in [0, 0.05) is 24.3 Å². The minimum Gasteiger partial charge on any atom is -0.385 e. The number of carbonyl (C=O) groups excluding carboxylic acids is 1. The van der Waals surface area contributed by atoms with Crippen LogP contribution in [0.1, 0.15) is 35.0 Å². The van der Waals surface area contributed by atoms with Crippen molar-refractivity contribution < 1.29 is 4.79 Å². The molecule has 0 spiro atoms. The highest BCUT2D eigenvalue weighted by Crippen LogP contribution is 2.28. The Kier molecular flexibility index (Phi) is 3.61. The highest BCUT2D eigenvalue weighted by atomic mass is 79.9. The van der Waals surface area contributed by atoms with Gasteiger partial charge in [0.05, 0.1) is 10.7 Å². The van der Waals surface area contributed by atoms with Crippen LogP contribution in [0.5, 0.6) is 0 Å². The van der Waals surface area contributed by atoms with Crippen molar-refractivity contribution in [1.82, 2.24) is 9.78 Å². The maximum absolute atomic E-state index is 12.9. The first kappa shape index (κ1) is 13.4. The number of carbonyl (C=O) groups is 1. The third kappa shape index (κ3) is 2.16. The maximum atomic E-state index is 12.9. The van der Waals surface area contributed by atoms with Crippen molar-refractivity contribution in [2.75, 3.05) is 11.9 Å². The van der Waals surface area contributed by atoms with Gasteiger partial charge in [-0.1, -0.05) is 12.1 Å². The molecule has 1 aliphatic heterocycles. The molecule has 1 aliphatic rings. The van der Waals surface area contributed by atoms with Crippen molar-refractivity contribution in [3.8, 4) is 0 Å². The molecule has 0 aliphatic carbocycles. The normalized spacial score (nSPS) is 13.7. The predicted octanol–water partition coefficient (Wildman–Crippen LogP) is 3.25. The minimum atomic E-state index is 0.0387. The van der Waals surface area contributed by atoms with Gasteiger partial charge < -0.3 is 5.32 Å². The molecule has 2 heterocycles. The highest BCUT2D eigenvalue weighted by Gasteiger charge is 2.23. The topological polar surface area (TPSA) is 46.9 Å². The number of hydrogen-bond donors (Lipinski definition) is 1. The molecule has 0 saturated carbocycles. The van der Waals surface area contributed by atoms with Gasteiger partial charge in [-0.3, -0.25) is 9.48 Å². The summed E-state index contributed by atoms with van der Waals surface area (Å²) < 4.78 is 2.49. The number of rotatable bonds is 3. The first-order valence-corrected chi connectivity index (χ1v) is 7.63. The second-order valence-corrected chi connectivity index (χ2v) is 5.70. The molecular weight excluding hydrogens is 318 g/mol. The monoisotopic (exact) mass is 333 g/mol. The number of aryl methyl sites for hydroxylation is 1. The first-order chi connectivity index (χ1) is 9.72. The second kappa shape index (κ2) is 5.40. The zero-order valence-electron chi connectivity index (χ0n) is 11.3. The fourth-order valence-electron chi connectivity index (χ4n) is 2.68. The number of nitrogens with zero attached hydrogens (tertiary/aromatic N) is 2. The molecule has 0 amide bonds. The molecule has 0 unspecified atom stereocenters. The zero-order valence-corrected chi connectivity index (χ0v) is 12.9. The number of benzene rings is 1. The number of halogens is 1. The molecule has 0 radical (unpaired) electrons. The number of ketones is 1. The quantitative estimate of drug-likeness (QED) is 0.877. The van der Waals surface area contributed by atoms with E-state index >= 15 is 0 Å². The Morgan fingerprint density at radius 1 is 1.50 bits per heavy atom. The molecule has 0 saturated heterocycles. The SMILES string of the molecule is CCn1ncc(Br)c1C(=O)c1cccc2c1CCCN2. The van der Waals surface area contributed by atoms with Crippen molar-refractivity contribution in [3.05, 3.63) is 45.7 Å². The molecule has 1 aromatic heterocycles. The van der Waals surface area contributed by atoms with E-state index < -0.39 is 0 Å². The van der Waals surface area contributed by atoms with E-state index in [2.05, 4.69) is 26.3 Å². The van der Waals surface area contributed by atoms with Crippen LogP contribution in [0, 0.1) is 0 Å². The Bertz CT molecular complexity index is 663. The lowest BCUT2D eigenvalue weighted by molar-refractivity contribution is 0.102. The summed E-state index contributed by atoms with van der Waals surface area (Å²) in [6.45, 7) is 3.64. The average molecular weight is 334 g/mol. The van der Waals surface area contributed by atoms with Crippen LogP contribution in [0.3, 0.4) is 0 Å². The number of aromatic nitrogens is 2. The lowest BCUT2D eigenvalue weighted by atomic mass is 9.94. The summed E-state index contributed by atoms with van der Waals surface area (Å²) in [5, 5.41) is 7.59. The van der Waals surface area contributed by atoms with Crippen LogP contribution in [-0.4, -0.2) is 22.1 Å². The lowest BCUT2D eigenvalue weighted by Crippen LogP contribution is -2.18. The van der Waals surface area contributed by atoms with Gasteiger partial charge in [-0.05, 0) is 47.3 Å². The van der Waals surface area contributed by atoms with E-state index in [1.165, 1.54) is 0 Å². The number of nitrogens with one attached hydrogen (secondary N) is 1. The van der Waals surface area contributed by atoms with Crippen LogP contribution in [0.25, 0.3) is 0 Å². The van der Waals surface area contributed by atoms with Crippen molar-refractivity contribution in [3.63, 3.8) is 0 Å². The molecule has 2 aromatic rings. The van der Waals surface area contributed by atoms with Crippen molar-refractivity contribution in [1.29, 1.82) is 0 Å². The molecule has 0 fully saturated rings. The van der Waals surface area contributed by atoms with Crippen LogP contribution < -0.4 is 5.32 Å². The molecule has 3 rings (SSSR count). The van der Waals surface area contributed by atoms with Gasteiger partial charge in [-0.25, -0.2) is 0 Å². The number of hydrogen-bond acceptors (Lipinski definition) is 3. The van der Waals surface area contributed by atoms with Crippen LogP contribution in [-0.2, 0) is 13.0 Å². The summed E-state index contributed by atoms with van der Waals surface area (Å²) in [6.07, 6.45) is 3.69. The van der Waals surface area contributed by atoms with E-state index in [4.69, 9.17) is 0 Å². The standard InChI is InChI=1S/C15H16BrN3O/c1-2-19-14(12(16)9-18-19)15(20)11-5-3-7-13-10(11)6-4-8-17-13/h3,5,7,9,17H,2,4,6,8H2,1H3. The van der Waals surface area contributed by atoms with Crippen molar-refractivity contribution in [2.24, 2.45) is 0 Å². The Balaban J connectivity index is 2.09. The second-order valence-electron chi connectivity index (χ2n) is 4.85. The smallest absolute Gasteiger partial charge is 0.212 e.